The first-order valence-corrected chi connectivity index (χ1v) is 9.48. The second kappa shape index (κ2) is 9.07. The van der Waals surface area contributed by atoms with Crippen molar-refractivity contribution in [3.05, 3.63) is 0 Å². The van der Waals surface area contributed by atoms with Gasteiger partial charge in [-0.1, -0.05) is 47.5 Å². The first-order valence-electron chi connectivity index (χ1n) is 7.51. The number of hydrogen-bond acceptors (Lipinski definition) is 3. The lowest BCUT2D eigenvalue weighted by Crippen LogP contribution is -2.63. The van der Waals surface area contributed by atoms with Crippen LogP contribution in [0.4, 0.5) is 0 Å². The molecule has 0 heterocycles. The zero-order valence-electron chi connectivity index (χ0n) is 13.5. The first-order chi connectivity index (χ1) is 8.45. The molecule has 0 atom stereocenters. The predicted molar refractivity (Wildman–Crippen MR) is 80.8 cm³/mol. The third-order valence-corrected chi connectivity index (χ3v) is 7.38. The molecule has 0 saturated carbocycles. The molecule has 0 bridgehead atoms. The van der Waals surface area contributed by atoms with Crippen LogP contribution in [0.3, 0.4) is 0 Å². The van der Waals surface area contributed by atoms with Gasteiger partial charge in [-0.3, -0.25) is 4.57 Å². The van der Waals surface area contributed by atoms with Crippen molar-refractivity contribution in [1.82, 2.24) is 4.57 Å². The summed E-state index contributed by atoms with van der Waals surface area (Å²) in [5, 5.41) is 0. The molecule has 4 heteroatoms. The molecule has 0 aromatic rings. The fourth-order valence-electron chi connectivity index (χ4n) is 2.70. The van der Waals surface area contributed by atoms with Crippen LogP contribution in [0.1, 0.15) is 61.3 Å². The van der Waals surface area contributed by atoms with Crippen LogP contribution in [-0.2, 0) is 8.85 Å². The quantitative estimate of drug-likeness (QED) is 0.564. The molecule has 18 heavy (non-hydrogen) atoms. The van der Waals surface area contributed by atoms with Crippen LogP contribution in [0.15, 0.2) is 0 Å². The normalized spacial score (nSPS) is 13.0. The Morgan fingerprint density at radius 3 is 1.61 bits per heavy atom. The molecule has 0 fully saturated rings. The molecular formula is C14H33NO2Si. The summed E-state index contributed by atoms with van der Waals surface area (Å²) in [5.74, 6) is 0. The van der Waals surface area contributed by atoms with Crippen LogP contribution in [0.5, 0.6) is 0 Å². The lowest BCUT2D eigenvalue weighted by atomic mass is 10.3. The van der Waals surface area contributed by atoms with Gasteiger partial charge in [0, 0.05) is 31.3 Å². The average Bonchev–Trinajstić information content (AvgIpc) is 2.26. The molecule has 3 nitrogen and oxygen atoms in total. The fourth-order valence-corrected chi connectivity index (χ4v) is 6.90. The molecule has 0 aliphatic rings. The Morgan fingerprint density at radius 2 is 1.33 bits per heavy atom. The molecule has 0 aliphatic carbocycles. The molecular weight excluding hydrogens is 242 g/mol. The summed E-state index contributed by atoms with van der Waals surface area (Å²) in [6.45, 7) is 16.8. The highest BCUT2D eigenvalue weighted by Gasteiger charge is 2.46. The predicted octanol–water partition coefficient (Wildman–Crippen LogP) is 3.92. The fraction of sp³-hybridized carbons (Fsp3) is 1.00. The van der Waals surface area contributed by atoms with E-state index in [0.717, 1.165) is 19.3 Å². The molecule has 0 radical (unpaired) electrons. The highest BCUT2D eigenvalue weighted by molar-refractivity contribution is 6.64. The third kappa shape index (κ3) is 5.00. The Hall–Kier alpha value is 0.0969. The van der Waals surface area contributed by atoms with Gasteiger partial charge in [-0.2, -0.15) is 0 Å². The standard InChI is InChI=1S/C14H33NO2Si/c1-8-11-12-18(16-9-2,17-10-3)15(13(4)5)14(6)7/h13-14H,8-12H2,1-7H3. The number of rotatable bonds is 10. The van der Waals surface area contributed by atoms with Gasteiger partial charge >= 0.3 is 8.72 Å². The Balaban J connectivity index is 5.18. The van der Waals surface area contributed by atoms with Crippen LogP contribution < -0.4 is 0 Å². The number of nitrogens with zero attached hydrogens (tertiary/aromatic N) is 1. The van der Waals surface area contributed by atoms with Crippen LogP contribution in [0.25, 0.3) is 0 Å². The van der Waals surface area contributed by atoms with Crippen LogP contribution in [-0.4, -0.2) is 38.6 Å². The van der Waals surface area contributed by atoms with Gasteiger partial charge in [-0.15, -0.1) is 0 Å². The van der Waals surface area contributed by atoms with E-state index in [1.165, 1.54) is 12.8 Å². The van der Waals surface area contributed by atoms with Gasteiger partial charge in [-0.25, -0.2) is 0 Å². The zero-order chi connectivity index (χ0) is 14.2. The summed E-state index contributed by atoms with van der Waals surface area (Å²) in [6.07, 6.45) is 2.38. The van der Waals surface area contributed by atoms with Crippen molar-refractivity contribution >= 4 is 8.72 Å². The molecule has 0 spiro atoms. The molecule has 0 aromatic heterocycles. The zero-order valence-corrected chi connectivity index (χ0v) is 14.5. The summed E-state index contributed by atoms with van der Waals surface area (Å²) in [6, 6.07) is 2.00. The van der Waals surface area contributed by atoms with Gasteiger partial charge in [0.1, 0.15) is 0 Å². The van der Waals surface area contributed by atoms with E-state index in [1.807, 2.05) is 0 Å². The van der Waals surface area contributed by atoms with Crippen LogP contribution >= 0.6 is 0 Å². The molecule has 0 rings (SSSR count). The summed E-state index contributed by atoms with van der Waals surface area (Å²) in [7, 11) is -2.24. The maximum Gasteiger partial charge on any atom is 0.428 e. The Kier molecular flexibility index (Phi) is 9.12. The third-order valence-electron chi connectivity index (χ3n) is 3.09. The van der Waals surface area contributed by atoms with Crippen molar-refractivity contribution < 1.29 is 8.85 Å². The van der Waals surface area contributed by atoms with Crippen molar-refractivity contribution in [3.63, 3.8) is 0 Å². The van der Waals surface area contributed by atoms with Gasteiger partial charge in [0.25, 0.3) is 0 Å². The van der Waals surface area contributed by atoms with Gasteiger partial charge < -0.3 is 8.85 Å². The SMILES string of the molecule is CCCC[Si](OCC)(OCC)N(C(C)C)C(C)C. The molecule has 0 N–H and O–H groups in total. The van der Waals surface area contributed by atoms with Crippen LogP contribution in [0, 0.1) is 0 Å². The molecule has 0 aromatic carbocycles. The summed E-state index contributed by atoms with van der Waals surface area (Å²) < 4.78 is 14.9. The lowest BCUT2D eigenvalue weighted by molar-refractivity contribution is 0.0916. The first kappa shape index (κ1) is 18.1. The van der Waals surface area contributed by atoms with Gasteiger partial charge in [0.15, 0.2) is 0 Å². The van der Waals surface area contributed by atoms with E-state index in [9.17, 15) is 0 Å². The van der Waals surface area contributed by atoms with Gasteiger partial charge in [-0.05, 0) is 13.8 Å². The van der Waals surface area contributed by atoms with Crippen molar-refractivity contribution in [3.8, 4) is 0 Å². The minimum atomic E-state index is -2.24. The lowest BCUT2D eigenvalue weighted by Gasteiger charge is -2.44. The topological polar surface area (TPSA) is 21.7 Å². The number of unbranched alkanes of at least 4 members (excludes halogenated alkanes) is 1. The average molecular weight is 276 g/mol. The van der Waals surface area contributed by atoms with Crippen molar-refractivity contribution in [2.75, 3.05) is 13.2 Å². The van der Waals surface area contributed by atoms with Crippen molar-refractivity contribution in [1.29, 1.82) is 0 Å². The highest BCUT2D eigenvalue weighted by atomic mass is 28.4. The maximum atomic E-state index is 6.20. The van der Waals surface area contributed by atoms with E-state index in [1.54, 1.807) is 0 Å². The maximum absolute atomic E-state index is 6.20. The second-order valence-corrected chi connectivity index (χ2v) is 8.30. The highest BCUT2D eigenvalue weighted by Crippen LogP contribution is 2.26. The second-order valence-electron chi connectivity index (χ2n) is 5.28. The molecule has 0 unspecified atom stereocenters. The Labute approximate surface area is 115 Å². The minimum Gasteiger partial charge on any atom is -0.383 e. The van der Waals surface area contributed by atoms with E-state index in [0.29, 0.717) is 12.1 Å². The van der Waals surface area contributed by atoms with Crippen LogP contribution in [0.2, 0.25) is 6.04 Å². The number of hydrogen-bond donors (Lipinski definition) is 0. The van der Waals surface area contributed by atoms with E-state index in [2.05, 4.69) is 53.0 Å². The van der Waals surface area contributed by atoms with Gasteiger partial charge in [0.2, 0.25) is 0 Å². The summed E-state index contributed by atoms with van der Waals surface area (Å²) in [5.41, 5.74) is 0. The van der Waals surface area contributed by atoms with E-state index >= 15 is 0 Å². The molecule has 0 aliphatic heterocycles. The van der Waals surface area contributed by atoms with E-state index < -0.39 is 8.72 Å². The van der Waals surface area contributed by atoms with Crippen molar-refractivity contribution in [2.45, 2.75) is 79.4 Å². The molecule has 0 saturated heterocycles. The van der Waals surface area contributed by atoms with E-state index in [4.69, 9.17) is 8.85 Å². The van der Waals surface area contributed by atoms with Crippen molar-refractivity contribution in [2.24, 2.45) is 0 Å². The Bertz CT molecular complexity index is 196. The molecule has 110 valence electrons. The minimum absolute atomic E-state index is 0.464. The summed E-state index contributed by atoms with van der Waals surface area (Å²) >= 11 is 0. The Morgan fingerprint density at radius 1 is 0.889 bits per heavy atom. The monoisotopic (exact) mass is 275 g/mol. The largest absolute Gasteiger partial charge is 0.428 e. The smallest absolute Gasteiger partial charge is 0.383 e. The van der Waals surface area contributed by atoms with E-state index in [-0.39, 0.29) is 0 Å². The summed E-state index contributed by atoms with van der Waals surface area (Å²) in [4.78, 5) is 0. The van der Waals surface area contributed by atoms with Gasteiger partial charge in [0.05, 0.1) is 0 Å². The molecule has 0 amide bonds.